The first-order chi connectivity index (χ1) is 17.4. The fraction of sp³-hybridized carbons (Fsp3) is 0.333. The van der Waals surface area contributed by atoms with E-state index < -0.39 is 0 Å². The van der Waals surface area contributed by atoms with E-state index in [1.807, 2.05) is 72.5 Å². The predicted molar refractivity (Wildman–Crippen MR) is 145 cm³/mol. The van der Waals surface area contributed by atoms with E-state index in [4.69, 9.17) is 4.74 Å². The van der Waals surface area contributed by atoms with E-state index in [-0.39, 0.29) is 18.4 Å². The summed E-state index contributed by atoms with van der Waals surface area (Å²) in [5.41, 5.74) is 4.86. The average Bonchev–Trinajstić information content (AvgIpc) is 2.92. The summed E-state index contributed by atoms with van der Waals surface area (Å²) < 4.78 is 5.64. The van der Waals surface area contributed by atoms with E-state index in [1.54, 1.807) is 0 Å². The summed E-state index contributed by atoms with van der Waals surface area (Å²) in [5, 5.41) is 2.89. The van der Waals surface area contributed by atoms with Crippen LogP contribution in [0.3, 0.4) is 0 Å². The monoisotopic (exact) mass is 485 g/mol. The zero-order valence-corrected chi connectivity index (χ0v) is 21.4. The van der Waals surface area contributed by atoms with Gasteiger partial charge in [-0.25, -0.2) is 0 Å². The minimum Gasteiger partial charge on any atom is -0.484 e. The Labute approximate surface area is 213 Å². The Balaban J connectivity index is 1.24. The highest BCUT2D eigenvalue weighted by molar-refractivity contribution is 5.95. The molecule has 1 N–H and O–H groups in total. The van der Waals surface area contributed by atoms with Gasteiger partial charge in [-0.15, -0.1) is 0 Å². The lowest BCUT2D eigenvalue weighted by Crippen LogP contribution is -2.48. The topological polar surface area (TPSA) is 61.9 Å². The Morgan fingerprint density at radius 2 is 1.58 bits per heavy atom. The molecule has 188 valence electrons. The summed E-state index contributed by atoms with van der Waals surface area (Å²) in [4.78, 5) is 29.4. The van der Waals surface area contributed by atoms with Crippen molar-refractivity contribution in [1.82, 2.24) is 4.90 Å². The number of carbonyl (C=O) groups excluding carboxylic acids is 2. The van der Waals surface area contributed by atoms with E-state index in [1.165, 1.54) is 5.56 Å². The summed E-state index contributed by atoms with van der Waals surface area (Å²) in [5.74, 6) is 1.10. The fourth-order valence-corrected chi connectivity index (χ4v) is 4.38. The quantitative estimate of drug-likeness (QED) is 0.458. The van der Waals surface area contributed by atoms with Gasteiger partial charge >= 0.3 is 0 Å². The van der Waals surface area contributed by atoms with Crippen LogP contribution in [0.15, 0.2) is 72.8 Å². The summed E-state index contributed by atoms with van der Waals surface area (Å²) >= 11 is 0. The highest BCUT2D eigenvalue weighted by atomic mass is 16.5. The van der Waals surface area contributed by atoms with E-state index in [9.17, 15) is 9.59 Å². The normalized spacial score (nSPS) is 14.3. The van der Waals surface area contributed by atoms with Crippen LogP contribution < -0.4 is 15.0 Å². The maximum absolute atomic E-state index is 12.9. The third-order valence-electron chi connectivity index (χ3n) is 6.89. The van der Waals surface area contributed by atoms with Crippen LogP contribution in [0.2, 0.25) is 0 Å². The van der Waals surface area contributed by atoms with Gasteiger partial charge in [0.25, 0.3) is 11.8 Å². The molecule has 0 unspecified atom stereocenters. The van der Waals surface area contributed by atoms with Gasteiger partial charge in [0.1, 0.15) is 5.75 Å². The van der Waals surface area contributed by atoms with Crippen LogP contribution >= 0.6 is 0 Å². The molecule has 0 spiro atoms. The molecule has 0 aliphatic carbocycles. The first-order valence-corrected chi connectivity index (χ1v) is 12.7. The van der Waals surface area contributed by atoms with Crippen LogP contribution in [0.1, 0.15) is 47.7 Å². The third kappa shape index (κ3) is 6.25. The summed E-state index contributed by atoms with van der Waals surface area (Å²) in [7, 11) is 0. The third-order valence-corrected chi connectivity index (χ3v) is 6.89. The number of nitrogens with zero attached hydrogens (tertiary/aromatic N) is 2. The van der Waals surface area contributed by atoms with E-state index >= 15 is 0 Å². The molecule has 1 aliphatic heterocycles. The van der Waals surface area contributed by atoms with E-state index in [0.29, 0.717) is 24.8 Å². The van der Waals surface area contributed by atoms with Crippen LogP contribution in [0, 0.1) is 6.92 Å². The number of hydrogen-bond donors (Lipinski definition) is 1. The first kappa shape index (κ1) is 25.3. The van der Waals surface area contributed by atoms with Crippen LogP contribution in [0.4, 0.5) is 11.4 Å². The number of benzene rings is 3. The second-order valence-corrected chi connectivity index (χ2v) is 9.36. The number of hydrogen-bond acceptors (Lipinski definition) is 4. The fourth-order valence-electron chi connectivity index (χ4n) is 4.38. The highest BCUT2D eigenvalue weighted by Gasteiger charge is 2.23. The molecule has 2 amide bonds. The smallest absolute Gasteiger partial charge is 0.262 e. The summed E-state index contributed by atoms with van der Waals surface area (Å²) in [6, 6.07) is 23.5. The van der Waals surface area contributed by atoms with Crippen molar-refractivity contribution in [1.29, 1.82) is 0 Å². The van der Waals surface area contributed by atoms with Crippen molar-refractivity contribution in [3.05, 3.63) is 89.5 Å². The Morgan fingerprint density at radius 3 is 2.22 bits per heavy atom. The summed E-state index contributed by atoms with van der Waals surface area (Å²) in [6.45, 7) is 9.20. The Kier molecular flexibility index (Phi) is 8.26. The lowest BCUT2D eigenvalue weighted by molar-refractivity contribution is -0.118. The lowest BCUT2D eigenvalue weighted by Gasteiger charge is -2.36. The lowest BCUT2D eigenvalue weighted by atomic mass is 9.99. The second kappa shape index (κ2) is 11.8. The van der Waals surface area contributed by atoms with Crippen molar-refractivity contribution in [3.63, 3.8) is 0 Å². The van der Waals surface area contributed by atoms with Crippen LogP contribution in [-0.4, -0.2) is 49.5 Å². The van der Waals surface area contributed by atoms with Crippen molar-refractivity contribution in [2.75, 3.05) is 43.0 Å². The standard InChI is InChI=1S/C30H35N3O3/c1-4-22(2)24-9-15-27(16-10-24)36-21-29(34)31-25-11-13-26(14-12-25)32-17-19-33(20-18-32)30(35)28-8-6-5-7-23(28)3/h5-16,22H,4,17-21H2,1-3H3,(H,31,34)/t22-/m0/s1. The molecule has 1 atom stereocenters. The molecule has 3 aromatic carbocycles. The molecule has 6 nitrogen and oxygen atoms in total. The van der Waals surface area contributed by atoms with E-state index in [2.05, 4.69) is 36.2 Å². The van der Waals surface area contributed by atoms with Gasteiger partial charge in [0.2, 0.25) is 0 Å². The highest BCUT2D eigenvalue weighted by Crippen LogP contribution is 2.23. The van der Waals surface area contributed by atoms with Crippen molar-refractivity contribution in [3.8, 4) is 5.75 Å². The number of ether oxygens (including phenoxy) is 1. The molecule has 3 aromatic rings. The van der Waals surface area contributed by atoms with Crippen LogP contribution in [0.25, 0.3) is 0 Å². The maximum atomic E-state index is 12.9. The minimum absolute atomic E-state index is 0.0404. The van der Waals surface area contributed by atoms with Crippen molar-refractivity contribution in [2.45, 2.75) is 33.1 Å². The van der Waals surface area contributed by atoms with Gasteiger partial charge in [0.15, 0.2) is 6.61 Å². The molecule has 0 saturated carbocycles. The molecule has 0 aromatic heterocycles. The molecule has 0 bridgehead atoms. The Morgan fingerprint density at radius 1 is 0.917 bits per heavy atom. The van der Waals surface area contributed by atoms with Crippen molar-refractivity contribution >= 4 is 23.2 Å². The molecule has 6 heteroatoms. The summed E-state index contributed by atoms with van der Waals surface area (Å²) in [6.07, 6.45) is 1.09. The second-order valence-electron chi connectivity index (χ2n) is 9.36. The van der Waals surface area contributed by atoms with Gasteiger partial charge in [0.05, 0.1) is 0 Å². The molecule has 4 rings (SSSR count). The Hall–Kier alpha value is -3.80. The number of carbonyl (C=O) groups is 2. The van der Waals surface area contributed by atoms with E-state index in [0.717, 1.165) is 42.0 Å². The number of amides is 2. The molecular weight excluding hydrogens is 450 g/mol. The van der Waals surface area contributed by atoms with Crippen LogP contribution in [0.5, 0.6) is 5.75 Å². The number of aryl methyl sites for hydroxylation is 1. The maximum Gasteiger partial charge on any atom is 0.262 e. The number of nitrogens with one attached hydrogen (secondary N) is 1. The van der Waals surface area contributed by atoms with Gasteiger partial charge in [-0.2, -0.15) is 0 Å². The number of piperazine rings is 1. The number of rotatable bonds is 8. The van der Waals surface area contributed by atoms with Gasteiger partial charge in [-0.1, -0.05) is 44.2 Å². The van der Waals surface area contributed by atoms with Crippen LogP contribution in [-0.2, 0) is 4.79 Å². The first-order valence-electron chi connectivity index (χ1n) is 12.7. The molecular formula is C30H35N3O3. The molecule has 1 heterocycles. The van der Waals surface area contributed by atoms with Crippen molar-refractivity contribution < 1.29 is 14.3 Å². The van der Waals surface area contributed by atoms with Gasteiger partial charge < -0.3 is 19.9 Å². The molecule has 1 saturated heterocycles. The molecule has 0 radical (unpaired) electrons. The van der Waals surface area contributed by atoms with Crippen molar-refractivity contribution in [2.24, 2.45) is 0 Å². The SMILES string of the molecule is CC[C@H](C)c1ccc(OCC(=O)Nc2ccc(N3CCN(C(=O)c4ccccc4C)CC3)cc2)cc1. The molecule has 36 heavy (non-hydrogen) atoms. The molecule has 1 aliphatic rings. The van der Waals surface area contributed by atoms with Gasteiger partial charge in [0, 0.05) is 43.1 Å². The van der Waals surface area contributed by atoms with Gasteiger partial charge in [-0.05, 0) is 72.9 Å². The zero-order chi connectivity index (χ0) is 25.5. The average molecular weight is 486 g/mol. The number of anilines is 2. The minimum atomic E-state index is -0.197. The Bertz CT molecular complexity index is 1170. The predicted octanol–water partition coefficient (Wildman–Crippen LogP) is 5.49. The molecule has 1 fully saturated rings. The largest absolute Gasteiger partial charge is 0.484 e. The zero-order valence-electron chi connectivity index (χ0n) is 21.4. The van der Waals surface area contributed by atoms with Gasteiger partial charge in [-0.3, -0.25) is 9.59 Å².